The van der Waals surface area contributed by atoms with Gasteiger partial charge in [0, 0.05) is 13.7 Å². The van der Waals surface area contributed by atoms with Crippen LogP contribution in [-0.2, 0) is 14.2 Å². The van der Waals surface area contributed by atoms with Gasteiger partial charge in [-0.2, -0.15) is 0 Å². The number of hydrogen-bond donors (Lipinski definition) is 1. The van der Waals surface area contributed by atoms with E-state index in [9.17, 15) is 5.11 Å². The Hall–Kier alpha value is -0.160. The summed E-state index contributed by atoms with van der Waals surface area (Å²) in [6, 6.07) is 0. The van der Waals surface area contributed by atoms with Crippen LogP contribution >= 0.6 is 0 Å². The second-order valence-electron chi connectivity index (χ2n) is 5.80. The molecule has 0 radical (unpaired) electrons. The smallest absolute Gasteiger partial charge is 0.0701 e. The van der Waals surface area contributed by atoms with Gasteiger partial charge in [-0.15, -0.1) is 0 Å². The Morgan fingerprint density at radius 2 is 1.65 bits per heavy atom. The zero-order chi connectivity index (χ0) is 14.6. The van der Waals surface area contributed by atoms with Crippen molar-refractivity contribution in [3.8, 4) is 0 Å². The van der Waals surface area contributed by atoms with Gasteiger partial charge in [0.25, 0.3) is 0 Å². The molecule has 0 aromatic carbocycles. The number of ether oxygens (including phenoxy) is 3. The first-order valence-corrected chi connectivity index (χ1v) is 8.10. The molecule has 1 saturated carbocycles. The Balaban J connectivity index is 2.02. The minimum atomic E-state index is -0.121. The van der Waals surface area contributed by atoms with Crippen molar-refractivity contribution >= 4 is 0 Å². The Labute approximate surface area is 123 Å². The van der Waals surface area contributed by atoms with Crippen LogP contribution in [0.15, 0.2) is 0 Å². The minimum Gasteiger partial charge on any atom is -0.393 e. The van der Waals surface area contributed by atoms with Gasteiger partial charge in [-0.1, -0.05) is 19.8 Å². The second-order valence-corrected chi connectivity index (χ2v) is 5.80. The highest BCUT2D eigenvalue weighted by Gasteiger charge is 2.28. The van der Waals surface area contributed by atoms with E-state index in [2.05, 4.69) is 6.92 Å². The van der Waals surface area contributed by atoms with Gasteiger partial charge in [0.2, 0.25) is 0 Å². The first-order valence-electron chi connectivity index (χ1n) is 8.10. The molecule has 1 aliphatic rings. The van der Waals surface area contributed by atoms with Crippen molar-refractivity contribution in [3.63, 3.8) is 0 Å². The quantitative estimate of drug-likeness (QED) is 0.594. The van der Waals surface area contributed by atoms with Crippen molar-refractivity contribution in [2.24, 2.45) is 11.8 Å². The summed E-state index contributed by atoms with van der Waals surface area (Å²) < 4.78 is 15.8. The summed E-state index contributed by atoms with van der Waals surface area (Å²) in [4.78, 5) is 0. The molecule has 0 aromatic heterocycles. The molecule has 1 rings (SSSR count). The van der Waals surface area contributed by atoms with Gasteiger partial charge < -0.3 is 19.3 Å². The monoisotopic (exact) mass is 288 g/mol. The maximum Gasteiger partial charge on any atom is 0.0701 e. The van der Waals surface area contributed by atoms with Gasteiger partial charge in [-0.25, -0.2) is 0 Å². The number of hydrogen-bond acceptors (Lipinski definition) is 4. The van der Waals surface area contributed by atoms with Crippen LogP contribution in [0.1, 0.15) is 45.4 Å². The fraction of sp³-hybridized carbons (Fsp3) is 1.00. The van der Waals surface area contributed by atoms with Gasteiger partial charge in [0.1, 0.15) is 0 Å². The van der Waals surface area contributed by atoms with Gasteiger partial charge in [0.15, 0.2) is 0 Å². The molecule has 4 heteroatoms. The fourth-order valence-electron chi connectivity index (χ4n) is 3.02. The van der Waals surface area contributed by atoms with Crippen LogP contribution in [0.25, 0.3) is 0 Å². The standard InChI is InChI=1S/C16H32O4/c1-3-4-14-5-6-16(17)15(13-14)7-8-19-11-12-20-10-9-18-2/h14-17H,3-13H2,1-2H3. The van der Waals surface area contributed by atoms with Gasteiger partial charge >= 0.3 is 0 Å². The molecule has 1 aliphatic carbocycles. The molecular weight excluding hydrogens is 256 g/mol. The largest absolute Gasteiger partial charge is 0.393 e. The Morgan fingerprint density at radius 1 is 0.950 bits per heavy atom. The summed E-state index contributed by atoms with van der Waals surface area (Å²) >= 11 is 0. The molecule has 3 unspecified atom stereocenters. The lowest BCUT2D eigenvalue weighted by atomic mass is 9.76. The Kier molecular flexibility index (Phi) is 10.3. The van der Waals surface area contributed by atoms with E-state index in [1.807, 2.05) is 0 Å². The summed E-state index contributed by atoms with van der Waals surface area (Å²) in [7, 11) is 1.67. The second kappa shape index (κ2) is 11.5. The lowest BCUT2D eigenvalue weighted by Crippen LogP contribution is -2.30. The molecule has 3 atom stereocenters. The SMILES string of the molecule is CCCC1CCC(O)C(CCOCCOCCOC)C1. The summed E-state index contributed by atoms with van der Waals surface area (Å²) in [5, 5.41) is 10.1. The summed E-state index contributed by atoms with van der Waals surface area (Å²) in [6.07, 6.45) is 6.74. The topological polar surface area (TPSA) is 47.9 Å². The van der Waals surface area contributed by atoms with Gasteiger partial charge in [0.05, 0.1) is 32.5 Å². The van der Waals surface area contributed by atoms with E-state index in [1.54, 1.807) is 7.11 Å². The third kappa shape index (κ3) is 7.58. The number of methoxy groups -OCH3 is 1. The van der Waals surface area contributed by atoms with Crippen LogP contribution in [0, 0.1) is 11.8 Å². The maximum absolute atomic E-state index is 10.1. The minimum absolute atomic E-state index is 0.121. The van der Waals surface area contributed by atoms with Gasteiger partial charge in [-0.05, 0) is 37.5 Å². The van der Waals surface area contributed by atoms with E-state index in [0.717, 1.165) is 25.4 Å². The lowest BCUT2D eigenvalue weighted by molar-refractivity contribution is 0.00150. The molecule has 0 aromatic rings. The molecule has 0 heterocycles. The lowest BCUT2D eigenvalue weighted by Gasteiger charge is -2.33. The average molecular weight is 288 g/mol. The third-order valence-electron chi connectivity index (χ3n) is 4.18. The van der Waals surface area contributed by atoms with Crippen molar-refractivity contribution in [3.05, 3.63) is 0 Å². The van der Waals surface area contributed by atoms with Crippen LogP contribution in [0.5, 0.6) is 0 Å². The molecule has 0 amide bonds. The Morgan fingerprint density at radius 3 is 2.35 bits per heavy atom. The van der Waals surface area contributed by atoms with E-state index in [-0.39, 0.29) is 6.10 Å². The number of aliphatic hydroxyl groups is 1. The highest BCUT2D eigenvalue weighted by Crippen LogP contribution is 2.33. The zero-order valence-corrected chi connectivity index (χ0v) is 13.2. The first kappa shape index (κ1) is 17.9. The molecule has 1 fully saturated rings. The third-order valence-corrected chi connectivity index (χ3v) is 4.18. The predicted molar refractivity (Wildman–Crippen MR) is 79.9 cm³/mol. The van der Waals surface area contributed by atoms with Crippen molar-refractivity contribution < 1.29 is 19.3 Å². The average Bonchev–Trinajstić information content (AvgIpc) is 2.45. The van der Waals surface area contributed by atoms with Crippen molar-refractivity contribution in [2.45, 2.75) is 51.6 Å². The number of rotatable bonds is 11. The Bertz CT molecular complexity index is 223. The molecule has 20 heavy (non-hydrogen) atoms. The van der Waals surface area contributed by atoms with Crippen LogP contribution in [0.4, 0.5) is 0 Å². The highest BCUT2D eigenvalue weighted by molar-refractivity contribution is 4.79. The predicted octanol–water partition coefficient (Wildman–Crippen LogP) is 2.63. The molecular formula is C16H32O4. The van der Waals surface area contributed by atoms with Crippen LogP contribution in [0.2, 0.25) is 0 Å². The number of aliphatic hydroxyl groups excluding tert-OH is 1. The maximum atomic E-state index is 10.1. The van der Waals surface area contributed by atoms with E-state index in [1.165, 1.54) is 25.7 Å². The normalized spacial score (nSPS) is 26.9. The van der Waals surface area contributed by atoms with Crippen LogP contribution < -0.4 is 0 Å². The van der Waals surface area contributed by atoms with Crippen molar-refractivity contribution in [2.75, 3.05) is 40.1 Å². The van der Waals surface area contributed by atoms with Crippen LogP contribution in [0.3, 0.4) is 0 Å². The van der Waals surface area contributed by atoms with E-state index < -0.39 is 0 Å². The summed E-state index contributed by atoms with van der Waals surface area (Å²) in [5.41, 5.74) is 0. The molecule has 0 aliphatic heterocycles. The summed E-state index contributed by atoms with van der Waals surface area (Å²) in [5.74, 6) is 1.24. The molecule has 4 nitrogen and oxygen atoms in total. The van der Waals surface area contributed by atoms with E-state index in [0.29, 0.717) is 32.3 Å². The molecule has 0 saturated heterocycles. The van der Waals surface area contributed by atoms with Crippen molar-refractivity contribution in [1.29, 1.82) is 0 Å². The summed E-state index contributed by atoms with van der Waals surface area (Å²) in [6.45, 7) is 5.48. The molecule has 1 N–H and O–H groups in total. The fourth-order valence-corrected chi connectivity index (χ4v) is 3.02. The van der Waals surface area contributed by atoms with Gasteiger partial charge in [-0.3, -0.25) is 0 Å². The van der Waals surface area contributed by atoms with E-state index in [4.69, 9.17) is 14.2 Å². The molecule has 0 spiro atoms. The van der Waals surface area contributed by atoms with E-state index >= 15 is 0 Å². The molecule has 120 valence electrons. The molecule has 0 bridgehead atoms. The first-order chi connectivity index (χ1) is 9.77. The highest BCUT2D eigenvalue weighted by atomic mass is 16.5. The van der Waals surface area contributed by atoms with Crippen LogP contribution in [-0.4, -0.2) is 51.4 Å². The zero-order valence-electron chi connectivity index (χ0n) is 13.2. The van der Waals surface area contributed by atoms with Crippen molar-refractivity contribution in [1.82, 2.24) is 0 Å².